The van der Waals surface area contributed by atoms with Crippen LogP contribution in [-0.4, -0.2) is 5.54 Å². The molecule has 1 aliphatic heterocycles. The van der Waals surface area contributed by atoms with Gasteiger partial charge >= 0.3 is 0 Å². The van der Waals surface area contributed by atoms with Crippen LogP contribution in [0.15, 0.2) is 36.4 Å². The van der Waals surface area contributed by atoms with Gasteiger partial charge in [0.2, 0.25) is 0 Å². The van der Waals surface area contributed by atoms with Crippen molar-refractivity contribution in [1.82, 2.24) is 5.32 Å². The maximum atomic E-state index is 3.68. The van der Waals surface area contributed by atoms with E-state index in [0.29, 0.717) is 6.04 Å². The molecule has 0 radical (unpaired) electrons. The summed E-state index contributed by atoms with van der Waals surface area (Å²) in [6.45, 7) is 6.83. The Morgan fingerprint density at radius 3 is 2.71 bits per heavy atom. The average Bonchev–Trinajstić information content (AvgIpc) is 2.27. The Morgan fingerprint density at radius 2 is 1.88 bits per heavy atom. The smallest absolute Gasteiger partial charge is 0.0299 e. The lowest BCUT2D eigenvalue weighted by atomic mass is 9.82. The molecule has 2 aromatic carbocycles. The predicted molar refractivity (Wildman–Crippen MR) is 73.3 cm³/mol. The third kappa shape index (κ3) is 1.75. The van der Waals surface area contributed by atoms with Crippen molar-refractivity contribution < 1.29 is 0 Å². The van der Waals surface area contributed by atoms with Gasteiger partial charge in [-0.1, -0.05) is 36.4 Å². The normalized spacial score (nSPS) is 22.4. The second kappa shape index (κ2) is 3.58. The molecule has 0 saturated heterocycles. The molecule has 0 aromatic heterocycles. The first-order chi connectivity index (χ1) is 8.07. The molecule has 0 aliphatic carbocycles. The average molecular weight is 225 g/mol. The highest BCUT2D eigenvalue weighted by molar-refractivity contribution is 5.87. The Balaban J connectivity index is 2.28. The minimum absolute atomic E-state index is 0.191. The first kappa shape index (κ1) is 10.8. The number of rotatable bonds is 0. The topological polar surface area (TPSA) is 12.0 Å². The highest BCUT2D eigenvalue weighted by atomic mass is 15.0. The molecule has 1 heteroatoms. The van der Waals surface area contributed by atoms with Gasteiger partial charge in [0.25, 0.3) is 0 Å². The summed E-state index contributed by atoms with van der Waals surface area (Å²) in [5.74, 6) is 0. The van der Waals surface area contributed by atoms with Crippen molar-refractivity contribution in [3.8, 4) is 0 Å². The fraction of sp³-hybridized carbons (Fsp3) is 0.375. The fourth-order valence-electron chi connectivity index (χ4n) is 3.11. The Bertz CT molecular complexity index is 569. The van der Waals surface area contributed by atoms with Crippen molar-refractivity contribution in [2.45, 2.75) is 38.8 Å². The Morgan fingerprint density at radius 1 is 1.12 bits per heavy atom. The maximum absolute atomic E-state index is 3.68. The summed E-state index contributed by atoms with van der Waals surface area (Å²) in [5.41, 5.74) is 3.18. The van der Waals surface area contributed by atoms with E-state index in [1.54, 1.807) is 0 Å². The molecule has 2 aromatic rings. The lowest BCUT2D eigenvalue weighted by Crippen LogP contribution is -2.46. The van der Waals surface area contributed by atoms with Crippen LogP contribution in [0, 0.1) is 0 Å². The summed E-state index contributed by atoms with van der Waals surface area (Å²) < 4.78 is 0. The number of fused-ring (bicyclic) bond motifs is 3. The van der Waals surface area contributed by atoms with Crippen molar-refractivity contribution in [2.75, 3.05) is 0 Å². The Labute approximate surface area is 103 Å². The molecule has 88 valence electrons. The van der Waals surface area contributed by atoms with Gasteiger partial charge in [0, 0.05) is 11.6 Å². The van der Waals surface area contributed by atoms with E-state index in [1.165, 1.54) is 21.9 Å². The summed E-state index contributed by atoms with van der Waals surface area (Å²) in [6, 6.07) is 13.7. The third-order valence-corrected chi connectivity index (χ3v) is 3.77. The summed E-state index contributed by atoms with van der Waals surface area (Å²) in [5, 5.41) is 6.46. The van der Waals surface area contributed by atoms with Gasteiger partial charge in [-0.25, -0.2) is 0 Å². The molecule has 0 fully saturated rings. The van der Waals surface area contributed by atoms with Crippen LogP contribution < -0.4 is 5.32 Å². The van der Waals surface area contributed by atoms with Crippen LogP contribution >= 0.6 is 0 Å². The van der Waals surface area contributed by atoms with E-state index in [9.17, 15) is 0 Å². The zero-order chi connectivity index (χ0) is 12.0. The van der Waals surface area contributed by atoms with Gasteiger partial charge in [0.1, 0.15) is 0 Å². The predicted octanol–water partition coefficient (Wildman–Crippen LogP) is 3.83. The Kier molecular flexibility index (Phi) is 2.27. The molecular formula is C16H19N. The largest absolute Gasteiger partial charge is 0.305 e. The molecule has 1 atom stereocenters. The molecule has 3 rings (SSSR count). The summed E-state index contributed by atoms with van der Waals surface area (Å²) in [4.78, 5) is 0. The first-order valence-electron chi connectivity index (χ1n) is 6.35. The second-order valence-electron chi connectivity index (χ2n) is 5.78. The van der Waals surface area contributed by atoms with Crippen LogP contribution in [0.3, 0.4) is 0 Å². The van der Waals surface area contributed by atoms with E-state index in [1.807, 2.05) is 0 Å². The first-order valence-corrected chi connectivity index (χ1v) is 6.35. The monoisotopic (exact) mass is 225 g/mol. The van der Waals surface area contributed by atoms with E-state index in [4.69, 9.17) is 0 Å². The lowest BCUT2D eigenvalue weighted by Gasteiger charge is -2.38. The molecule has 0 amide bonds. The SMILES string of the molecule is CC1NC(C)(C)Cc2c1ccc1ccccc21. The molecule has 1 unspecified atom stereocenters. The zero-order valence-corrected chi connectivity index (χ0v) is 10.7. The van der Waals surface area contributed by atoms with Crippen LogP contribution in [-0.2, 0) is 6.42 Å². The third-order valence-electron chi connectivity index (χ3n) is 3.77. The minimum atomic E-state index is 0.191. The maximum Gasteiger partial charge on any atom is 0.0299 e. The van der Waals surface area contributed by atoms with Crippen molar-refractivity contribution >= 4 is 10.8 Å². The van der Waals surface area contributed by atoms with Crippen LogP contribution in [0.25, 0.3) is 10.8 Å². The molecule has 1 N–H and O–H groups in total. The molecule has 17 heavy (non-hydrogen) atoms. The quantitative estimate of drug-likeness (QED) is 0.718. The number of hydrogen-bond acceptors (Lipinski definition) is 1. The second-order valence-corrected chi connectivity index (χ2v) is 5.78. The number of nitrogens with one attached hydrogen (secondary N) is 1. The summed E-state index contributed by atoms with van der Waals surface area (Å²) >= 11 is 0. The van der Waals surface area contributed by atoms with Crippen molar-refractivity contribution in [2.24, 2.45) is 0 Å². The highest BCUT2D eigenvalue weighted by Crippen LogP contribution is 2.34. The van der Waals surface area contributed by atoms with Gasteiger partial charge in [-0.2, -0.15) is 0 Å². The number of hydrogen-bond donors (Lipinski definition) is 1. The van der Waals surface area contributed by atoms with Crippen molar-refractivity contribution in [3.63, 3.8) is 0 Å². The van der Waals surface area contributed by atoms with Crippen molar-refractivity contribution in [1.29, 1.82) is 0 Å². The fourth-order valence-corrected chi connectivity index (χ4v) is 3.11. The highest BCUT2D eigenvalue weighted by Gasteiger charge is 2.29. The van der Waals surface area contributed by atoms with Crippen LogP contribution in [0.4, 0.5) is 0 Å². The van der Waals surface area contributed by atoms with E-state index in [0.717, 1.165) is 6.42 Å². The van der Waals surface area contributed by atoms with Gasteiger partial charge < -0.3 is 5.32 Å². The van der Waals surface area contributed by atoms with E-state index >= 15 is 0 Å². The standard InChI is InChI=1S/C16H19N/c1-11-13-9-8-12-6-4-5-7-14(12)15(13)10-16(2,3)17-11/h4-9,11,17H,10H2,1-3H3. The summed E-state index contributed by atoms with van der Waals surface area (Å²) in [6.07, 6.45) is 1.11. The van der Waals surface area contributed by atoms with Gasteiger partial charge in [-0.3, -0.25) is 0 Å². The molecule has 0 bridgehead atoms. The molecule has 1 aliphatic rings. The lowest BCUT2D eigenvalue weighted by molar-refractivity contribution is 0.323. The minimum Gasteiger partial charge on any atom is -0.305 e. The van der Waals surface area contributed by atoms with E-state index in [-0.39, 0.29) is 5.54 Å². The molecule has 1 nitrogen and oxygen atoms in total. The molecule has 0 saturated carbocycles. The van der Waals surface area contributed by atoms with Gasteiger partial charge in [-0.05, 0) is 49.1 Å². The van der Waals surface area contributed by atoms with Crippen molar-refractivity contribution in [3.05, 3.63) is 47.5 Å². The van der Waals surface area contributed by atoms with Gasteiger partial charge in [0.05, 0.1) is 0 Å². The van der Waals surface area contributed by atoms with Crippen LogP contribution in [0.5, 0.6) is 0 Å². The van der Waals surface area contributed by atoms with Crippen LogP contribution in [0.1, 0.15) is 37.9 Å². The van der Waals surface area contributed by atoms with Gasteiger partial charge in [0.15, 0.2) is 0 Å². The molecular weight excluding hydrogens is 206 g/mol. The van der Waals surface area contributed by atoms with Crippen LogP contribution in [0.2, 0.25) is 0 Å². The molecule has 0 spiro atoms. The van der Waals surface area contributed by atoms with E-state index in [2.05, 4.69) is 62.5 Å². The zero-order valence-electron chi connectivity index (χ0n) is 10.7. The molecule has 1 heterocycles. The van der Waals surface area contributed by atoms with E-state index < -0.39 is 0 Å². The summed E-state index contributed by atoms with van der Waals surface area (Å²) in [7, 11) is 0. The Hall–Kier alpha value is -1.34. The van der Waals surface area contributed by atoms with Gasteiger partial charge in [-0.15, -0.1) is 0 Å². The number of benzene rings is 2.